The van der Waals surface area contributed by atoms with Gasteiger partial charge in [-0.15, -0.1) is 0 Å². The molecule has 0 amide bonds. The van der Waals surface area contributed by atoms with Crippen molar-refractivity contribution in [3.05, 3.63) is 22.6 Å². The van der Waals surface area contributed by atoms with Gasteiger partial charge in [0.2, 0.25) is 0 Å². The van der Waals surface area contributed by atoms with E-state index in [1.54, 1.807) is 0 Å². The van der Waals surface area contributed by atoms with Crippen LogP contribution in [-0.4, -0.2) is 0 Å². The lowest BCUT2D eigenvalue weighted by Crippen LogP contribution is -2.24. The minimum absolute atomic E-state index is 0.185. The topological polar surface area (TPSA) is 39.2 Å². The third-order valence-corrected chi connectivity index (χ3v) is 3.24. The maximum absolute atomic E-state index is 6.14. The van der Waals surface area contributed by atoms with Crippen LogP contribution in [0, 0.1) is 5.41 Å². The number of furan rings is 1. The Kier molecular flexibility index (Phi) is 1.49. The molecule has 1 aromatic heterocycles. The Morgan fingerprint density at radius 3 is 2.42 bits per heavy atom. The Hall–Kier alpha value is -0.280. The summed E-state index contributed by atoms with van der Waals surface area (Å²) in [7, 11) is 0. The number of nitrogens with two attached hydrogens (primary N) is 1. The zero-order chi connectivity index (χ0) is 8.98. The van der Waals surface area contributed by atoms with Gasteiger partial charge in [-0.25, -0.2) is 0 Å². The Morgan fingerprint density at radius 1 is 1.50 bits per heavy atom. The lowest BCUT2D eigenvalue weighted by molar-refractivity contribution is 0.390. The van der Waals surface area contributed by atoms with Gasteiger partial charge in [0.05, 0.1) is 5.54 Å². The standard InChI is InChI=1S/C9H12BrNO/c1-8(2)5-9(8,11)6-3-4-7(10)12-6/h3-4H,5,11H2,1-2H3. The fraction of sp³-hybridized carbons (Fsp3) is 0.556. The molecule has 1 aromatic rings. The minimum Gasteiger partial charge on any atom is -0.452 e. The quantitative estimate of drug-likeness (QED) is 0.805. The molecule has 0 spiro atoms. The van der Waals surface area contributed by atoms with Crippen molar-refractivity contribution < 1.29 is 4.42 Å². The Balaban J connectivity index is 2.34. The molecule has 1 aliphatic carbocycles. The Bertz CT molecular complexity index is 318. The van der Waals surface area contributed by atoms with Gasteiger partial charge in [0, 0.05) is 0 Å². The van der Waals surface area contributed by atoms with Crippen LogP contribution in [0.15, 0.2) is 21.2 Å². The first-order valence-corrected chi connectivity index (χ1v) is 4.80. The zero-order valence-corrected chi connectivity index (χ0v) is 8.81. The van der Waals surface area contributed by atoms with E-state index in [-0.39, 0.29) is 11.0 Å². The van der Waals surface area contributed by atoms with Crippen LogP contribution in [0.5, 0.6) is 0 Å². The number of rotatable bonds is 1. The summed E-state index contributed by atoms with van der Waals surface area (Å²) in [6, 6.07) is 3.83. The van der Waals surface area contributed by atoms with Crippen LogP contribution in [0.3, 0.4) is 0 Å². The molecule has 66 valence electrons. The Morgan fingerprint density at radius 2 is 2.08 bits per heavy atom. The molecule has 1 unspecified atom stereocenters. The molecule has 0 aliphatic heterocycles. The Labute approximate surface area is 80.3 Å². The molecule has 1 saturated carbocycles. The van der Waals surface area contributed by atoms with Gasteiger partial charge in [0.25, 0.3) is 0 Å². The number of hydrogen-bond acceptors (Lipinski definition) is 2. The monoisotopic (exact) mass is 229 g/mol. The summed E-state index contributed by atoms with van der Waals surface area (Å²) < 4.78 is 6.19. The molecule has 0 bridgehead atoms. The highest BCUT2D eigenvalue weighted by molar-refractivity contribution is 9.10. The van der Waals surface area contributed by atoms with E-state index in [9.17, 15) is 0 Å². The normalized spacial score (nSPS) is 32.0. The first kappa shape index (κ1) is 8.32. The molecule has 1 heterocycles. The van der Waals surface area contributed by atoms with E-state index in [0.717, 1.165) is 16.9 Å². The summed E-state index contributed by atoms with van der Waals surface area (Å²) in [5, 5.41) is 0. The van der Waals surface area contributed by atoms with Gasteiger partial charge >= 0.3 is 0 Å². The van der Waals surface area contributed by atoms with Crippen LogP contribution in [0.25, 0.3) is 0 Å². The first-order valence-electron chi connectivity index (χ1n) is 4.00. The fourth-order valence-electron chi connectivity index (χ4n) is 1.63. The average molecular weight is 230 g/mol. The third-order valence-electron chi connectivity index (χ3n) is 2.82. The molecule has 2 rings (SSSR count). The van der Waals surface area contributed by atoms with Gasteiger partial charge in [-0.3, -0.25) is 0 Å². The summed E-state index contributed by atoms with van der Waals surface area (Å²) in [5.74, 6) is 0.888. The van der Waals surface area contributed by atoms with Crippen molar-refractivity contribution in [1.29, 1.82) is 0 Å². The molecule has 2 nitrogen and oxygen atoms in total. The minimum atomic E-state index is -0.237. The lowest BCUT2D eigenvalue weighted by Gasteiger charge is -2.10. The molecule has 1 aliphatic rings. The molecule has 0 aromatic carbocycles. The molecule has 0 saturated heterocycles. The van der Waals surface area contributed by atoms with E-state index in [2.05, 4.69) is 29.8 Å². The molecule has 12 heavy (non-hydrogen) atoms. The van der Waals surface area contributed by atoms with E-state index < -0.39 is 0 Å². The fourth-order valence-corrected chi connectivity index (χ4v) is 1.93. The van der Waals surface area contributed by atoms with Crippen molar-refractivity contribution in [3.8, 4) is 0 Å². The summed E-state index contributed by atoms with van der Waals surface area (Å²) >= 11 is 3.27. The van der Waals surface area contributed by atoms with Gasteiger partial charge in [-0.05, 0) is 39.9 Å². The SMILES string of the molecule is CC1(C)CC1(N)c1ccc(Br)o1. The predicted octanol–water partition coefficient (Wildman–Crippen LogP) is 2.63. The van der Waals surface area contributed by atoms with Crippen LogP contribution < -0.4 is 5.73 Å². The highest BCUT2D eigenvalue weighted by atomic mass is 79.9. The van der Waals surface area contributed by atoms with Crippen molar-refractivity contribution in [2.75, 3.05) is 0 Å². The van der Waals surface area contributed by atoms with Gasteiger partial charge in [0.1, 0.15) is 5.76 Å². The molecule has 2 N–H and O–H groups in total. The molecule has 1 atom stereocenters. The van der Waals surface area contributed by atoms with Crippen LogP contribution in [0.4, 0.5) is 0 Å². The predicted molar refractivity (Wildman–Crippen MR) is 50.7 cm³/mol. The van der Waals surface area contributed by atoms with Crippen molar-refractivity contribution in [3.63, 3.8) is 0 Å². The van der Waals surface area contributed by atoms with E-state index >= 15 is 0 Å². The molecule has 0 radical (unpaired) electrons. The van der Waals surface area contributed by atoms with Crippen molar-refractivity contribution in [1.82, 2.24) is 0 Å². The van der Waals surface area contributed by atoms with Crippen molar-refractivity contribution in [2.24, 2.45) is 11.1 Å². The molecule has 1 fully saturated rings. The molecular weight excluding hydrogens is 218 g/mol. The smallest absolute Gasteiger partial charge is 0.169 e. The van der Waals surface area contributed by atoms with Gasteiger partial charge in [0.15, 0.2) is 4.67 Å². The highest BCUT2D eigenvalue weighted by Gasteiger charge is 2.61. The van der Waals surface area contributed by atoms with Gasteiger partial charge in [-0.2, -0.15) is 0 Å². The zero-order valence-electron chi connectivity index (χ0n) is 7.23. The van der Waals surface area contributed by atoms with Crippen molar-refractivity contribution >= 4 is 15.9 Å². The summed E-state index contributed by atoms with van der Waals surface area (Å²) in [6.45, 7) is 4.31. The third kappa shape index (κ3) is 0.962. The highest BCUT2D eigenvalue weighted by Crippen LogP contribution is 2.60. The summed E-state index contributed by atoms with van der Waals surface area (Å²) in [4.78, 5) is 0. The van der Waals surface area contributed by atoms with Gasteiger partial charge in [-0.1, -0.05) is 13.8 Å². The molecular formula is C9H12BrNO. The summed E-state index contributed by atoms with van der Waals surface area (Å²) in [5.41, 5.74) is 6.09. The summed E-state index contributed by atoms with van der Waals surface area (Å²) in [6.07, 6.45) is 1.000. The van der Waals surface area contributed by atoms with Crippen LogP contribution >= 0.6 is 15.9 Å². The average Bonchev–Trinajstić information content (AvgIpc) is 2.37. The second kappa shape index (κ2) is 2.15. The van der Waals surface area contributed by atoms with E-state index in [0.29, 0.717) is 0 Å². The van der Waals surface area contributed by atoms with Crippen LogP contribution in [-0.2, 0) is 5.54 Å². The maximum atomic E-state index is 6.14. The second-order valence-corrected chi connectivity index (χ2v) is 4.92. The van der Waals surface area contributed by atoms with E-state index in [1.165, 1.54) is 0 Å². The van der Waals surface area contributed by atoms with E-state index in [4.69, 9.17) is 10.2 Å². The van der Waals surface area contributed by atoms with Crippen LogP contribution in [0.1, 0.15) is 26.0 Å². The van der Waals surface area contributed by atoms with Crippen LogP contribution in [0.2, 0.25) is 0 Å². The van der Waals surface area contributed by atoms with Crippen molar-refractivity contribution in [2.45, 2.75) is 25.8 Å². The number of halogens is 1. The maximum Gasteiger partial charge on any atom is 0.169 e. The van der Waals surface area contributed by atoms with E-state index in [1.807, 2.05) is 12.1 Å². The first-order chi connectivity index (χ1) is 5.46. The largest absolute Gasteiger partial charge is 0.452 e. The molecule has 3 heteroatoms. The number of hydrogen-bond donors (Lipinski definition) is 1. The van der Waals surface area contributed by atoms with Gasteiger partial charge < -0.3 is 10.2 Å². The second-order valence-electron chi connectivity index (χ2n) is 4.14. The lowest BCUT2D eigenvalue weighted by atomic mass is 10.0.